The van der Waals surface area contributed by atoms with Gasteiger partial charge in [0.05, 0.1) is 25.6 Å². The molecule has 16 heteroatoms. The number of hydrogen-bond acceptors (Lipinski definition) is 9. The third kappa shape index (κ3) is 13.8. The lowest BCUT2D eigenvalue weighted by Crippen LogP contribution is -2.59. The van der Waals surface area contributed by atoms with Gasteiger partial charge >= 0.3 is 11.9 Å². The first-order valence-electron chi connectivity index (χ1n) is 13.5. The number of benzene rings is 1. The van der Waals surface area contributed by atoms with Crippen molar-refractivity contribution < 1.29 is 48.9 Å². The highest BCUT2D eigenvalue weighted by Crippen LogP contribution is 2.09. The smallest absolute Gasteiger partial charge is 0.326 e. The Morgan fingerprint density at radius 2 is 1.28 bits per heavy atom. The van der Waals surface area contributed by atoms with Crippen LogP contribution in [0.3, 0.4) is 0 Å². The van der Waals surface area contributed by atoms with E-state index < -0.39 is 91.3 Å². The van der Waals surface area contributed by atoms with Gasteiger partial charge in [-0.05, 0) is 24.8 Å². The molecule has 0 aliphatic heterocycles. The van der Waals surface area contributed by atoms with Crippen LogP contribution >= 0.6 is 0 Å². The predicted molar refractivity (Wildman–Crippen MR) is 151 cm³/mol. The molecule has 5 atom stereocenters. The highest BCUT2D eigenvalue weighted by atomic mass is 16.4. The van der Waals surface area contributed by atoms with Crippen molar-refractivity contribution in [1.82, 2.24) is 26.6 Å². The van der Waals surface area contributed by atoms with Gasteiger partial charge in [-0.15, -0.1) is 0 Å². The maximum absolute atomic E-state index is 13.4. The first kappa shape index (κ1) is 36.5. The van der Waals surface area contributed by atoms with Gasteiger partial charge in [0.2, 0.25) is 29.5 Å². The van der Waals surface area contributed by atoms with E-state index in [-0.39, 0.29) is 18.8 Å². The van der Waals surface area contributed by atoms with E-state index in [9.17, 15) is 43.8 Å². The molecule has 0 aliphatic rings. The zero-order chi connectivity index (χ0) is 32.7. The molecular formula is C27H40N6O10. The Morgan fingerprint density at radius 3 is 1.79 bits per heavy atom. The third-order valence-electron chi connectivity index (χ3n) is 5.92. The number of carbonyl (C=O) groups excluding carboxylic acids is 5. The Balaban J connectivity index is 3.11. The number of hydrogen-bond donors (Lipinski definition) is 9. The van der Waals surface area contributed by atoms with Crippen LogP contribution in [0.15, 0.2) is 30.3 Å². The number of aliphatic hydroxyl groups is 1. The van der Waals surface area contributed by atoms with E-state index in [1.165, 1.54) is 6.92 Å². The van der Waals surface area contributed by atoms with Crippen LogP contribution in [0, 0.1) is 5.92 Å². The minimum Gasteiger partial charge on any atom is -0.481 e. The summed E-state index contributed by atoms with van der Waals surface area (Å²) in [7, 11) is 0. The third-order valence-corrected chi connectivity index (χ3v) is 5.92. The molecule has 0 heterocycles. The molecule has 238 valence electrons. The van der Waals surface area contributed by atoms with Crippen LogP contribution < -0.4 is 32.3 Å². The molecule has 5 amide bonds. The van der Waals surface area contributed by atoms with E-state index in [0.29, 0.717) is 5.56 Å². The Morgan fingerprint density at radius 1 is 0.744 bits per heavy atom. The fourth-order valence-electron chi connectivity index (χ4n) is 3.72. The summed E-state index contributed by atoms with van der Waals surface area (Å²) in [6.45, 7) is 3.57. The van der Waals surface area contributed by atoms with Gasteiger partial charge in [-0.3, -0.25) is 28.8 Å². The van der Waals surface area contributed by atoms with E-state index in [2.05, 4.69) is 26.6 Å². The average Bonchev–Trinajstić information content (AvgIpc) is 2.93. The molecule has 0 spiro atoms. The standard InChI is InChI=1S/C27H40N6O10/c1-14(2)9-17(31-26(41)20(13-34)30-21(35)12-29-23(38)15(3)28)24(39)32-18(10-16-7-5-4-6-8-16)25(40)33-19(27(42)43)11-22(36)37/h4-8,14-15,17-20,34H,9-13,28H2,1-3H3,(H,29,38)(H,30,35)(H,31,41)(H,32,39)(H,33,40)(H,36,37)(H,42,43). The van der Waals surface area contributed by atoms with Crippen LogP contribution in [0.4, 0.5) is 0 Å². The number of carbonyl (C=O) groups is 7. The number of carboxylic acid groups (broad SMARTS) is 2. The largest absolute Gasteiger partial charge is 0.481 e. The Bertz CT molecular complexity index is 1140. The highest BCUT2D eigenvalue weighted by Gasteiger charge is 2.32. The van der Waals surface area contributed by atoms with Crippen LogP contribution in [-0.4, -0.2) is 100 Å². The number of carboxylic acids is 2. The van der Waals surface area contributed by atoms with E-state index in [0.717, 1.165) is 0 Å². The van der Waals surface area contributed by atoms with Gasteiger partial charge in [0, 0.05) is 6.42 Å². The number of nitrogens with one attached hydrogen (secondary N) is 5. The Hall–Kier alpha value is -4.57. The lowest BCUT2D eigenvalue weighted by atomic mass is 10.0. The quantitative estimate of drug-likeness (QED) is 0.0823. The molecule has 0 aromatic heterocycles. The first-order valence-corrected chi connectivity index (χ1v) is 13.5. The molecule has 10 N–H and O–H groups in total. The minimum absolute atomic E-state index is 0.0740. The lowest BCUT2D eigenvalue weighted by molar-refractivity contribution is -0.147. The van der Waals surface area contributed by atoms with Crippen LogP contribution in [0.2, 0.25) is 0 Å². The maximum Gasteiger partial charge on any atom is 0.326 e. The second-order valence-corrected chi connectivity index (χ2v) is 10.2. The van der Waals surface area contributed by atoms with Crippen LogP contribution in [0.25, 0.3) is 0 Å². The average molecular weight is 609 g/mol. The molecule has 0 aliphatic carbocycles. The Labute approximate surface area is 248 Å². The summed E-state index contributed by atoms with van der Waals surface area (Å²) in [5, 5.41) is 39.6. The van der Waals surface area contributed by atoms with Gasteiger partial charge in [0.1, 0.15) is 24.2 Å². The molecule has 1 rings (SSSR count). The minimum atomic E-state index is -1.77. The van der Waals surface area contributed by atoms with Crippen molar-refractivity contribution in [3.05, 3.63) is 35.9 Å². The van der Waals surface area contributed by atoms with Gasteiger partial charge in [-0.1, -0.05) is 44.2 Å². The fourth-order valence-corrected chi connectivity index (χ4v) is 3.72. The Kier molecular flexibility index (Phi) is 15.3. The normalized spacial score (nSPS) is 14.3. The molecule has 43 heavy (non-hydrogen) atoms. The summed E-state index contributed by atoms with van der Waals surface area (Å²) in [5.74, 6) is -7.32. The van der Waals surface area contributed by atoms with Crippen molar-refractivity contribution in [2.24, 2.45) is 11.7 Å². The molecule has 1 aromatic rings. The second-order valence-electron chi connectivity index (χ2n) is 10.2. The summed E-state index contributed by atoms with van der Waals surface area (Å²) in [4.78, 5) is 85.7. The molecule has 16 nitrogen and oxygen atoms in total. The molecule has 5 unspecified atom stereocenters. The molecule has 0 radical (unpaired) electrons. The van der Waals surface area contributed by atoms with Gasteiger partial charge in [-0.25, -0.2) is 4.79 Å². The van der Waals surface area contributed by atoms with Crippen LogP contribution in [0.5, 0.6) is 0 Å². The summed E-state index contributed by atoms with van der Waals surface area (Å²) < 4.78 is 0. The molecular weight excluding hydrogens is 568 g/mol. The maximum atomic E-state index is 13.4. The number of rotatable bonds is 18. The van der Waals surface area contributed by atoms with E-state index in [4.69, 9.17) is 10.8 Å². The number of amides is 5. The van der Waals surface area contributed by atoms with Crippen molar-refractivity contribution >= 4 is 41.5 Å². The molecule has 0 bridgehead atoms. The van der Waals surface area contributed by atoms with Crippen LogP contribution in [-0.2, 0) is 40.0 Å². The predicted octanol–water partition coefficient (Wildman–Crippen LogP) is -2.77. The number of aliphatic hydroxyl groups excluding tert-OH is 1. The monoisotopic (exact) mass is 608 g/mol. The SMILES string of the molecule is CC(C)CC(NC(=O)C(CO)NC(=O)CNC(=O)C(C)N)C(=O)NC(Cc1ccccc1)C(=O)NC(CC(=O)O)C(=O)O. The van der Waals surface area contributed by atoms with Crippen molar-refractivity contribution in [2.45, 2.75) is 70.2 Å². The summed E-state index contributed by atoms with van der Waals surface area (Å²) in [5.41, 5.74) is 6.01. The lowest BCUT2D eigenvalue weighted by Gasteiger charge is -2.26. The van der Waals surface area contributed by atoms with E-state index >= 15 is 0 Å². The number of nitrogens with two attached hydrogens (primary N) is 1. The highest BCUT2D eigenvalue weighted by molar-refractivity contribution is 5.96. The molecule has 1 aromatic carbocycles. The zero-order valence-electron chi connectivity index (χ0n) is 24.2. The van der Waals surface area contributed by atoms with Crippen molar-refractivity contribution in [3.63, 3.8) is 0 Å². The molecule has 0 saturated heterocycles. The van der Waals surface area contributed by atoms with Gasteiger partial charge in [-0.2, -0.15) is 0 Å². The van der Waals surface area contributed by atoms with E-state index in [1.54, 1.807) is 44.2 Å². The van der Waals surface area contributed by atoms with Crippen molar-refractivity contribution in [2.75, 3.05) is 13.2 Å². The van der Waals surface area contributed by atoms with Crippen LogP contribution in [0.1, 0.15) is 39.2 Å². The summed E-state index contributed by atoms with van der Waals surface area (Å²) in [6, 6.07) is 1.68. The topological polar surface area (TPSA) is 266 Å². The fraction of sp³-hybridized carbons (Fsp3) is 0.519. The van der Waals surface area contributed by atoms with Gasteiger partial charge < -0.3 is 47.6 Å². The second kappa shape index (κ2) is 18.1. The van der Waals surface area contributed by atoms with Crippen molar-refractivity contribution in [3.8, 4) is 0 Å². The van der Waals surface area contributed by atoms with Crippen molar-refractivity contribution in [1.29, 1.82) is 0 Å². The molecule has 0 saturated carbocycles. The van der Waals surface area contributed by atoms with Gasteiger partial charge in [0.15, 0.2) is 0 Å². The zero-order valence-corrected chi connectivity index (χ0v) is 24.2. The summed E-state index contributed by atoms with van der Waals surface area (Å²) >= 11 is 0. The molecule has 0 fully saturated rings. The number of aliphatic carboxylic acids is 2. The van der Waals surface area contributed by atoms with E-state index in [1.807, 2.05) is 0 Å². The van der Waals surface area contributed by atoms with Gasteiger partial charge in [0.25, 0.3) is 0 Å². The first-order chi connectivity index (χ1) is 20.1. The summed E-state index contributed by atoms with van der Waals surface area (Å²) in [6.07, 6.45) is -0.921.